The number of hydrogen-bond donors (Lipinski definition) is 2. The van der Waals surface area contributed by atoms with E-state index >= 15 is 0 Å². The van der Waals surface area contributed by atoms with Crippen molar-refractivity contribution in [1.29, 1.82) is 0 Å². The predicted octanol–water partition coefficient (Wildman–Crippen LogP) is 3.69. The Labute approximate surface area is 114 Å². The minimum atomic E-state index is 0.536. The van der Waals surface area contributed by atoms with Crippen molar-refractivity contribution in [2.75, 3.05) is 17.6 Å². The summed E-state index contributed by atoms with van der Waals surface area (Å²) < 4.78 is 0.809. The topological polar surface area (TPSA) is 50.9 Å². The molecule has 0 saturated carbocycles. The number of hydrogen-bond acceptors (Lipinski definition) is 4. The minimum absolute atomic E-state index is 0.536. The smallest absolute Gasteiger partial charge is 0.144 e. The minimum Gasteiger partial charge on any atom is -0.397 e. The predicted molar refractivity (Wildman–Crippen MR) is 75.2 cm³/mol. The zero-order chi connectivity index (χ0) is 12.3. The van der Waals surface area contributed by atoms with E-state index in [0.29, 0.717) is 16.5 Å². The highest BCUT2D eigenvalue weighted by Crippen LogP contribution is 2.23. The highest BCUT2D eigenvalue weighted by Gasteiger charge is 2.02. The Balaban J connectivity index is 1.90. The Kier molecular flexibility index (Phi) is 4.10. The van der Waals surface area contributed by atoms with Gasteiger partial charge in [0.05, 0.1) is 21.2 Å². The highest BCUT2D eigenvalue weighted by molar-refractivity contribution is 7.16. The maximum atomic E-state index is 5.99. The van der Waals surface area contributed by atoms with E-state index in [0.717, 1.165) is 17.3 Å². The second kappa shape index (κ2) is 5.58. The highest BCUT2D eigenvalue weighted by atomic mass is 35.5. The van der Waals surface area contributed by atoms with Crippen molar-refractivity contribution in [2.24, 2.45) is 0 Å². The van der Waals surface area contributed by atoms with E-state index in [-0.39, 0.29) is 0 Å². The fraction of sp³-hybridized carbons (Fsp3) is 0.182. The first-order valence-electron chi connectivity index (χ1n) is 5.04. The van der Waals surface area contributed by atoms with E-state index in [9.17, 15) is 0 Å². The zero-order valence-electron chi connectivity index (χ0n) is 8.91. The molecule has 3 N–H and O–H groups in total. The molecule has 0 amide bonds. The molecule has 0 atom stereocenters. The average molecular weight is 288 g/mol. The number of aromatic nitrogens is 1. The molecule has 2 rings (SSSR count). The van der Waals surface area contributed by atoms with Gasteiger partial charge in [0.2, 0.25) is 0 Å². The lowest BCUT2D eigenvalue weighted by atomic mass is 10.3. The number of rotatable bonds is 4. The van der Waals surface area contributed by atoms with Crippen LogP contribution in [0.3, 0.4) is 0 Å². The van der Waals surface area contributed by atoms with Gasteiger partial charge in [0.15, 0.2) is 0 Å². The van der Waals surface area contributed by atoms with E-state index in [1.54, 1.807) is 23.6 Å². The molecule has 2 aromatic heterocycles. The molecule has 0 saturated heterocycles. The molecule has 0 unspecified atom stereocenters. The van der Waals surface area contributed by atoms with Gasteiger partial charge in [0.25, 0.3) is 0 Å². The number of nitrogens with one attached hydrogen (secondary N) is 1. The van der Waals surface area contributed by atoms with Crippen LogP contribution in [0.4, 0.5) is 11.5 Å². The molecule has 17 heavy (non-hydrogen) atoms. The van der Waals surface area contributed by atoms with Crippen LogP contribution in [0.1, 0.15) is 4.88 Å². The first-order valence-corrected chi connectivity index (χ1v) is 6.61. The van der Waals surface area contributed by atoms with Crippen molar-refractivity contribution in [3.05, 3.63) is 38.6 Å². The number of nitrogen functional groups attached to an aromatic ring is 1. The lowest BCUT2D eigenvalue weighted by Gasteiger charge is -2.06. The van der Waals surface area contributed by atoms with Gasteiger partial charge in [0, 0.05) is 11.4 Å². The van der Waals surface area contributed by atoms with Gasteiger partial charge in [-0.05, 0) is 24.6 Å². The van der Waals surface area contributed by atoms with Crippen molar-refractivity contribution < 1.29 is 0 Å². The van der Waals surface area contributed by atoms with Gasteiger partial charge < -0.3 is 11.1 Å². The lowest BCUT2D eigenvalue weighted by molar-refractivity contribution is 1.03. The third-order valence-electron chi connectivity index (χ3n) is 2.16. The van der Waals surface area contributed by atoms with Crippen molar-refractivity contribution in [1.82, 2.24) is 4.98 Å². The lowest BCUT2D eigenvalue weighted by Crippen LogP contribution is -2.06. The summed E-state index contributed by atoms with van der Waals surface area (Å²) >= 11 is 13.4. The SMILES string of the molecule is Nc1cnc(NCCc2ccc(Cl)s2)c(Cl)c1. The van der Waals surface area contributed by atoms with Crippen molar-refractivity contribution >= 4 is 46.0 Å². The third-order valence-corrected chi connectivity index (χ3v) is 3.73. The maximum absolute atomic E-state index is 5.99. The van der Waals surface area contributed by atoms with E-state index < -0.39 is 0 Å². The van der Waals surface area contributed by atoms with Gasteiger partial charge in [-0.15, -0.1) is 11.3 Å². The normalized spacial score (nSPS) is 10.5. The molecular weight excluding hydrogens is 277 g/mol. The Morgan fingerprint density at radius 1 is 1.35 bits per heavy atom. The number of nitrogens with zero attached hydrogens (tertiary/aromatic N) is 1. The van der Waals surface area contributed by atoms with Crippen LogP contribution in [-0.2, 0) is 6.42 Å². The summed E-state index contributed by atoms with van der Waals surface area (Å²) in [5.74, 6) is 0.656. The van der Waals surface area contributed by atoms with Crippen LogP contribution >= 0.6 is 34.5 Å². The Morgan fingerprint density at radius 2 is 2.18 bits per heavy atom. The summed E-state index contributed by atoms with van der Waals surface area (Å²) in [6, 6.07) is 5.60. The third kappa shape index (κ3) is 3.49. The van der Waals surface area contributed by atoms with Crippen molar-refractivity contribution in [2.45, 2.75) is 6.42 Å². The molecule has 0 aliphatic rings. The van der Waals surface area contributed by atoms with Crippen LogP contribution in [0, 0.1) is 0 Å². The fourth-order valence-corrected chi connectivity index (χ4v) is 2.70. The molecule has 2 heterocycles. The second-order valence-electron chi connectivity index (χ2n) is 3.48. The number of pyridine rings is 1. The monoisotopic (exact) mass is 287 g/mol. The maximum Gasteiger partial charge on any atom is 0.144 e. The van der Waals surface area contributed by atoms with Gasteiger partial charge in [0.1, 0.15) is 5.82 Å². The van der Waals surface area contributed by atoms with E-state index in [1.165, 1.54) is 4.88 Å². The molecule has 90 valence electrons. The molecule has 3 nitrogen and oxygen atoms in total. The molecule has 0 aromatic carbocycles. The molecule has 2 aromatic rings. The Morgan fingerprint density at radius 3 is 2.82 bits per heavy atom. The van der Waals surface area contributed by atoms with Crippen LogP contribution < -0.4 is 11.1 Å². The quantitative estimate of drug-likeness (QED) is 0.902. The summed E-state index contributed by atoms with van der Waals surface area (Å²) in [6.07, 6.45) is 2.47. The summed E-state index contributed by atoms with van der Waals surface area (Å²) in [6.45, 7) is 0.757. The largest absolute Gasteiger partial charge is 0.397 e. The molecule has 6 heteroatoms. The van der Waals surface area contributed by atoms with E-state index in [1.807, 2.05) is 12.1 Å². The average Bonchev–Trinajstić information content (AvgIpc) is 2.68. The second-order valence-corrected chi connectivity index (χ2v) is 5.69. The standard InChI is InChI=1S/C11H11Cl2N3S/c12-9-5-7(14)6-16-11(9)15-4-3-8-1-2-10(13)17-8/h1-2,5-6H,3-4,14H2,(H,15,16). The van der Waals surface area contributed by atoms with Crippen molar-refractivity contribution in [3.8, 4) is 0 Å². The molecule has 0 aliphatic heterocycles. The van der Waals surface area contributed by atoms with Crippen LogP contribution in [0.2, 0.25) is 9.36 Å². The van der Waals surface area contributed by atoms with Gasteiger partial charge in [-0.25, -0.2) is 4.98 Å². The summed E-state index contributed by atoms with van der Waals surface area (Å²) in [4.78, 5) is 5.35. The zero-order valence-corrected chi connectivity index (χ0v) is 11.2. The summed E-state index contributed by atoms with van der Waals surface area (Å²) in [5, 5.41) is 3.70. The van der Waals surface area contributed by atoms with E-state index in [4.69, 9.17) is 28.9 Å². The van der Waals surface area contributed by atoms with Crippen molar-refractivity contribution in [3.63, 3.8) is 0 Å². The number of halogens is 2. The van der Waals surface area contributed by atoms with Gasteiger partial charge in [-0.2, -0.15) is 0 Å². The van der Waals surface area contributed by atoms with Gasteiger partial charge in [-0.3, -0.25) is 0 Å². The summed E-state index contributed by atoms with van der Waals surface area (Å²) in [7, 11) is 0. The Hall–Kier alpha value is -0.970. The number of nitrogens with two attached hydrogens (primary N) is 1. The first-order chi connectivity index (χ1) is 8.15. The number of thiophene rings is 1. The van der Waals surface area contributed by atoms with Gasteiger partial charge >= 0.3 is 0 Å². The van der Waals surface area contributed by atoms with Crippen LogP contribution in [0.15, 0.2) is 24.4 Å². The summed E-state index contributed by atoms with van der Waals surface area (Å²) in [5.41, 5.74) is 6.12. The number of anilines is 2. The van der Waals surface area contributed by atoms with Gasteiger partial charge in [-0.1, -0.05) is 23.2 Å². The molecule has 0 radical (unpaired) electrons. The van der Waals surface area contributed by atoms with Crippen LogP contribution in [0.25, 0.3) is 0 Å². The molecule has 0 spiro atoms. The van der Waals surface area contributed by atoms with E-state index in [2.05, 4.69) is 10.3 Å². The Bertz CT molecular complexity index is 513. The molecule has 0 fully saturated rings. The van der Waals surface area contributed by atoms with Crippen LogP contribution in [-0.4, -0.2) is 11.5 Å². The molecule has 0 bridgehead atoms. The molecule has 0 aliphatic carbocycles. The van der Waals surface area contributed by atoms with Crippen LogP contribution in [0.5, 0.6) is 0 Å². The fourth-order valence-electron chi connectivity index (χ4n) is 1.37. The molecular formula is C11H11Cl2N3S. The first kappa shape index (κ1) is 12.5.